The van der Waals surface area contributed by atoms with Gasteiger partial charge in [0.05, 0.1) is 17.6 Å². The van der Waals surface area contributed by atoms with Crippen LogP contribution in [0.15, 0.2) is 84.9 Å². The molecule has 0 spiro atoms. The first-order valence-corrected chi connectivity index (χ1v) is 11.9. The summed E-state index contributed by atoms with van der Waals surface area (Å²) in [7, 11) is 0. The van der Waals surface area contributed by atoms with Crippen molar-refractivity contribution in [2.24, 2.45) is 0 Å². The molecule has 34 heavy (non-hydrogen) atoms. The zero-order valence-corrected chi connectivity index (χ0v) is 19.6. The van der Waals surface area contributed by atoms with Gasteiger partial charge in [-0.1, -0.05) is 61.5 Å². The van der Waals surface area contributed by atoms with Crippen LogP contribution in [-0.4, -0.2) is 28.6 Å². The lowest BCUT2D eigenvalue weighted by Gasteiger charge is -2.11. The fourth-order valence-corrected chi connectivity index (χ4v) is 3.89. The van der Waals surface area contributed by atoms with Gasteiger partial charge in [-0.3, -0.25) is 4.79 Å². The largest absolute Gasteiger partial charge is 0.494 e. The summed E-state index contributed by atoms with van der Waals surface area (Å²) in [5.41, 5.74) is 4.40. The van der Waals surface area contributed by atoms with Crippen LogP contribution in [0.3, 0.4) is 0 Å². The van der Waals surface area contributed by atoms with Crippen molar-refractivity contribution < 1.29 is 9.53 Å². The number of imidazole rings is 1. The van der Waals surface area contributed by atoms with Gasteiger partial charge in [0, 0.05) is 25.6 Å². The number of nitrogens with one attached hydrogen (secondary N) is 1. The van der Waals surface area contributed by atoms with E-state index in [0.29, 0.717) is 19.6 Å². The zero-order chi connectivity index (χ0) is 23.6. The molecule has 0 fully saturated rings. The second kappa shape index (κ2) is 11.8. The van der Waals surface area contributed by atoms with E-state index in [1.807, 2.05) is 66.7 Å². The number of carbonyl (C=O) groups excluding carboxylic acids is 1. The van der Waals surface area contributed by atoms with Crippen molar-refractivity contribution in [3.05, 3.63) is 102 Å². The average molecular weight is 454 g/mol. The van der Waals surface area contributed by atoms with E-state index in [4.69, 9.17) is 9.72 Å². The number of hydrogen-bond donors (Lipinski definition) is 1. The normalized spacial score (nSPS) is 11.2. The molecule has 4 rings (SSSR count). The van der Waals surface area contributed by atoms with Gasteiger partial charge in [-0.15, -0.1) is 0 Å². The van der Waals surface area contributed by atoms with Crippen molar-refractivity contribution in [2.45, 2.75) is 32.7 Å². The van der Waals surface area contributed by atoms with E-state index >= 15 is 0 Å². The maximum Gasteiger partial charge on any atom is 0.244 e. The number of aryl methyl sites for hydroxylation is 2. The third kappa shape index (κ3) is 6.35. The molecule has 0 saturated carbocycles. The summed E-state index contributed by atoms with van der Waals surface area (Å²) in [6, 6.07) is 26.3. The van der Waals surface area contributed by atoms with Crippen LogP contribution in [0, 0.1) is 0 Å². The Labute approximate surface area is 201 Å². The standard InChI is InChI=1S/C29H31N3O2/c1-2-23-13-16-25(17-14-23)34-22-8-21-32-27-12-7-6-11-26(27)31-28(32)19-20-30-29(33)18-15-24-9-4-3-5-10-24/h3-7,9-18H,2,8,19-22H2,1H3,(H,30,33)/b18-15+. The number of rotatable bonds is 11. The van der Waals surface area contributed by atoms with Gasteiger partial charge >= 0.3 is 0 Å². The first-order chi connectivity index (χ1) is 16.7. The predicted octanol–water partition coefficient (Wildman–Crippen LogP) is 5.44. The smallest absolute Gasteiger partial charge is 0.244 e. The molecule has 1 N–H and O–H groups in total. The average Bonchev–Trinajstić information content (AvgIpc) is 3.23. The van der Waals surface area contributed by atoms with Gasteiger partial charge in [-0.2, -0.15) is 0 Å². The molecule has 0 atom stereocenters. The SMILES string of the molecule is CCc1ccc(OCCCn2c(CCNC(=O)/C=C/c3ccccc3)nc3ccccc32)cc1. The molecule has 3 aromatic carbocycles. The van der Waals surface area contributed by atoms with E-state index < -0.39 is 0 Å². The summed E-state index contributed by atoms with van der Waals surface area (Å²) in [5, 5.41) is 2.97. The number of benzene rings is 3. The highest BCUT2D eigenvalue weighted by molar-refractivity contribution is 5.91. The van der Waals surface area contributed by atoms with Gasteiger partial charge in [0.25, 0.3) is 0 Å². The maximum absolute atomic E-state index is 12.2. The fourth-order valence-electron chi connectivity index (χ4n) is 3.89. The minimum atomic E-state index is -0.103. The maximum atomic E-state index is 12.2. The van der Waals surface area contributed by atoms with E-state index in [1.165, 1.54) is 5.56 Å². The fraction of sp³-hybridized carbons (Fsp3) is 0.241. The van der Waals surface area contributed by atoms with Gasteiger partial charge in [0.1, 0.15) is 11.6 Å². The van der Waals surface area contributed by atoms with Gasteiger partial charge in [-0.05, 0) is 54.3 Å². The predicted molar refractivity (Wildman–Crippen MR) is 138 cm³/mol. The molecule has 0 radical (unpaired) electrons. The minimum absolute atomic E-state index is 0.103. The number of fused-ring (bicyclic) bond motifs is 1. The van der Waals surface area contributed by atoms with Gasteiger partial charge in [-0.25, -0.2) is 4.98 Å². The van der Waals surface area contributed by atoms with Crippen LogP contribution in [0.2, 0.25) is 0 Å². The van der Waals surface area contributed by atoms with Crippen molar-refractivity contribution in [2.75, 3.05) is 13.2 Å². The lowest BCUT2D eigenvalue weighted by Crippen LogP contribution is -2.24. The number of amides is 1. The molecule has 0 bridgehead atoms. The van der Waals surface area contributed by atoms with E-state index in [1.54, 1.807) is 6.08 Å². The highest BCUT2D eigenvalue weighted by Gasteiger charge is 2.10. The van der Waals surface area contributed by atoms with Crippen molar-refractivity contribution in [1.82, 2.24) is 14.9 Å². The topological polar surface area (TPSA) is 56.1 Å². The molecule has 1 amide bonds. The summed E-state index contributed by atoms with van der Waals surface area (Å²) in [6.07, 6.45) is 5.96. The third-order valence-corrected chi connectivity index (χ3v) is 5.73. The Morgan fingerprint density at radius 3 is 2.56 bits per heavy atom. The summed E-state index contributed by atoms with van der Waals surface area (Å²) < 4.78 is 8.17. The molecule has 1 heterocycles. The lowest BCUT2D eigenvalue weighted by atomic mass is 10.2. The Kier molecular flexibility index (Phi) is 8.12. The van der Waals surface area contributed by atoms with Crippen LogP contribution >= 0.6 is 0 Å². The number of para-hydroxylation sites is 2. The van der Waals surface area contributed by atoms with Crippen molar-refractivity contribution in [1.29, 1.82) is 0 Å². The number of nitrogens with zero attached hydrogens (tertiary/aromatic N) is 2. The van der Waals surface area contributed by atoms with E-state index in [2.05, 4.69) is 35.0 Å². The van der Waals surface area contributed by atoms with Gasteiger partial charge in [0.15, 0.2) is 0 Å². The van der Waals surface area contributed by atoms with Crippen LogP contribution in [0.1, 0.15) is 30.3 Å². The Morgan fingerprint density at radius 1 is 1.00 bits per heavy atom. The molecule has 0 aliphatic carbocycles. The minimum Gasteiger partial charge on any atom is -0.494 e. The summed E-state index contributed by atoms with van der Waals surface area (Å²) in [4.78, 5) is 17.0. The number of ether oxygens (including phenoxy) is 1. The Bertz CT molecular complexity index is 1230. The Hall–Kier alpha value is -3.86. The zero-order valence-electron chi connectivity index (χ0n) is 19.6. The van der Waals surface area contributed by atoms with Gasteiger partial charge in [0.2, 0.25) is 5.91 Å². The molecular weight excluding hydrogens is 422 g/mol. The van der Waals surface area contributed by atoms with Crippen molar-refractivity contribution in [3.63, 3.8) is 0 Å². The van der Waals surface area contributed by atoms with Crippen LogP contribution in [0.5, 0.6) is 5.75 Å². The summed E-state index contributed by atoms with van der Waals surface area (Å²) >= 11 is 0. The molecule has 0 aliphatic rings. The van der Waals surface area contributed by atoms with Crippen molar-refractivity contribution in [3.8, 4) is 5.75 Å². The molecule has 4 aromatic rings. The van der Waals surface area contributed by atoms with Crippen molar-refractivity contribution >= 4 is 23.0 Å². The monoisotopic (exact) mass is 453 g/mol. The van der Waals surface area contributed by atoms with E-state index in [0.717, 1.165) is 47.6 Å². The second-order valence-electron chi connectivity index (χ2n) is 8.15. The third-order valence-electron chi connectivity index (χ3n) is 5.73. The summed E-state index contributed by atoms with van der Waals surface area (Å²) in [6.45, 7) is 4.13. The lowest BCUT2D eigenvalue weighted by molar-refractivity contribution is -0.116. The van der Waals surface area contributed by atoms with Crippen LogP contribution in [-0.2, 0) is 24.2 Å². The van der Waals surface area contributed by atoms with Crippen LogP contribution in [0.25, 0.3) is 17.1 Å². The van der Waals surface area contributed by atoms with E-state index in [9.17, 15) is 4.79 Å². The molecule has 0 unspecified atom stereocenters. The molecule has 0 saturated heterocycles. The molecule has 0 aliphatic heterocycles. The van der Waals surface area contributed by atoms with E-state index in [-0.39, 0.29) is 5.91 Å². The number of carbonyl (C=O) groups is 1. The molecule has 5 heteroatoms. The quantitative estimate of drug-likeness (QED) is 0.243. The highest BCUT2D eigenvalue weighted by atomic mass is 16.5. The molecule has 174 valence electrons. The second-order valence-corrected chi connectivity index (χ2v) is 8.15. The molecule has 1 aromatic heterocycles. The first-order valence-electron chi connectivity index (χ1n) is 11.9. The number of hydrogen-bond acceptors (Lipinski definition) is 3. The summed E-state index contributed by atoms with van der Waals surface area (Å²) in [5.74, 6) is 1.77. The first kappa shape index (κ1) is 23.3. The van der Waals surface area contributed by atoms with Gasteiger partial charge < -0.3 is 14.6 Å². The highest BCUT2D eigenvalue weighted by Crippen LogP contribution is 2.18. The molecular formula is C29H31N3O2. The van der Waals surface area contributed by atoms with Crippen LogP contribution in [0.4, 0.5) is 0 Å². The van der Waals surface area contributed by atoms with Crippen LogP contribution < -0.4 is 10.1 Å². The molecule has 5 nitrogen and oxygen atoms in total. The Morgan fingerprint density at radius 2 is 1.76 bits per heavy atom. The Balaban J connectivity index is 1.32. The number of aromatic nitrogens is 2.